The van der Waals surface area contributed by atoms with Gasteiger partial charge in [-0.2, -0.15) is 0 Å². The van der Waals surface area contributed by atoms with E-state index in [2.05, 4.69) is 13.8 Å². The maximum absolute atomic E-state index is 13.3. The van der Waals surface area contributed by atoms with Crippen LogP contribution in [0.3, 0.4) is 0 Å². The lowest BCUT2D eigenvalue weighted by molar-refractivity contribution is -0.166. The van der Waals surface area contributed by atoms with Crippen molar-refractivity contribution in [2.75, 3.05) is 0 Å². The first-order chi connectivity index (χ1) is 11.6. The van der Waals surface area contributed by atoms with Crippen molar-refractivity contribution < 1.29 is 14.7 Å². The lowest BCUT2D eigenvalue weighted by Gasteiger charge is -2.61. The Morgan fingerprint density at radius 1 is 1.04 bits per heavy atom. The number of ketones is 2. The van der Waals surface area contributed by atoms with Crippen LogP contribution in [0, 0.1) is 40.4 Å². The fourth-order valence-corrected chi connectivity index (χ4v) is 7.79. The first kappa shape index (κ1) is 17.7. The van der Waals surface area contributed by atoms with Gasteiger partial charge in [0, 0.05) is 17.8 Å². The van der Waals surface area contributed by atoms with E-state index in [-0.39, 0.29) is 17.1 Å². The molecular weight excluding hydrogens is 312 g/mol. The van der Waals surface area contributed by atoms with Crippen molar-refractivity contribution in [2.45, 2.75) is 84.7 Å². The fraction of sp³-hybridized carbons (Fsp3) is 0.909. The van der Waals surface area contributed by atoms with Crippen LogP contribution in [0.15, 0.2) is 0 Å². The van der Waals surface area contributed by atoms with Gasteiger partial charge in [0.1, 0.15) is 11.6 Å². The van der Waals surface area contributed by atoms with Gasteiger partial charge >= 0.3 is 0 Å². The summed E-state index contributed by atoms with van der Waals surface area (Å²) in [5, 5.41) is 10.6. The number of hydrogen-bond donors (Lipinski definition) is 1. The quantitative estimate of drug-likeness (QED) is 0.775. The number of carbonyl (C=O) groups is 2. The predicted molar refractivity (Wildman–Crippen MR) is 96.9 cm³/mol. The molecule has 4 aliphatic rings. The molecule has 0 saturated heterocycles. The first-order valence-electron chi connectivity index (χ1n) is 10.4. The van der Waals surface area contributed by atoms with Gasteiger partial charge in [-0.15, -0.1) is 0 Å². The molecule has 0 radical (unpaired) electrons. The van der Waals surface area contributed by atoms with E-state index >= 15 is 0 Å². The minimum absolute atomic E-state index is 0.0523. The molecule has 8 atom stereocenters. The third kappa shape index (κ3) is 2.33. The number of carbonyl (C=O) groups excluding carboxylic acids is 2. The molecular formula is C22H34O3. The number of fused-ring (bicyclic) bond motifs is 5. The maximum Gasteiger partial charge on any atom is 0.140 e. The molecule has 0 aliphatic heterocycles. The smallest absolute Gasteiger partial charge is 0.140 e. The SMILES string of the molecule is CC(=O)[C@H]1CC[C@H]2[C@@H]3CC[C@H]4C[C@](C)(O)CC[C@]4(C)[C@H]3CC(=O)[C@]12C. The Hall–Kier alpha value is -0.700. The lowest BCUT2D eigenvalue weighted by Crippen LogP contribution is -2.58. The molecule has 0 aromatic rings. The minimum Gasteiger partial charge on any atom is -0.390 e. The predicted octanol–water partition coefficient (Wildman–Crippen LogP) is 4.16. The molecule has 140 valence electrons. The molecule has 25 heavy (non-hydrogen) atoms. The van der Waals surface area contributed by atoms with Gasteiger partial charge in [-0.25, -0.2) is 0 Å². The van der Waals surface area contributed by atoms with E-state index in [1.165, 1.54) is 12.8 Å². The zero-order valence-corrected chi connectivity index (χ0v) is 16.3. The summed E-state index contributed by atoms with van der Waals surface area (Å²) in [5.74, 6) is 2.51. The summed E-state index contributed by atoms with van der Waals surface area (Å²) in [4.78, 5) is 25.5. The topological polar surface area (TPSA) is 54.4 Å². The van der Waals surface area contributed by atoms with E-state index in [9.17, 15) is 14.7 Å². The van der Waals surface area contributed by atoms with Crippen molar-refractivity contribution in [3.05, 3.63) is 0 Å². The summed E-state index contributed by atoms with van der Waals surface area (Å²) in [6.07, 6.45) is 7.76. The second kappa shape index (κ2) is 5.41. The van der Waals surface area contributed by atoms with E-state index < -0.39 is 11.0 Å². The molecule has 0 heterocycles. The van der Waals surface area contributed by atoms with Crippen LogP contribution in [0.1, 0.15) is 79.1 Å². The molecule has 4 fully saturated rings. The molecule has 3 nitrogen and oxygen atoms in total. The summed E-state index contributed by atoms with van der Waals surface area (Å²) in [5.41, 5.74) is -0.746. The second-order valence-electron chi connectivity index (χ2n) is 10.5. The van der Waals surface area contributed by atoms with Crippen molar-refractivity contribution in [3.63, 3.8) is 0 Å². The summed E-state index contributed by atoms with van der Waals surface area (Å²) >= 11 is 0. The largest absolute Gasteiger partial charge is 0.390 e. The molecule has 0 spiro atoms. The Morgan fingerprint density at radius 2 is 1.76 bits per heavy atom. The van der Waals surface area contributed by atoms with Gasteiger partial charge in [-0.3, -0.25) is 9.59 Å². The molecule has 0 unspecified atom stereocenters. The van der Waals surface area contributed by atoms with Crippen LogP contribution in [0.2, 0.25) is 0 Å². The molecule has 0 bridgehead atoms. The fourth-order valence-electron chi connectivity index (χ4n) is 7.79. The average molecular weight is 347 g/mol. The molecule has 3 heteroatoms. The van der Waals surface area contributed by atoms with Crippen LogP contribution < -0.4 is 0 Å². The van der Waals surface area contributed by atoms with E-state index in [1.54, 1.807) is 6.92 Å². The normalized spacial score (nSPS) is 55.2. The van der Waals surface area contributed by atoms with Gasteiger partial charge in [0.15, 0.2) is 0 Å². The minimum atomic E-state index is -0.530. The molecule has 0 amide bonds. The molecule has 0 aromatic carbocycles. The third-order valence-corrected chi connectivity index (χ3v) is 9.31. The molecule has 4 aliphatic carbocycles. The number of hydrogen-bond acceptors (Lipinski definition) is 3. The highest BCUT2D eigenvalue weighted by atomic mass is 16.3. The molecule has 4 rings (SSSR count). The van der Waals surface area contributed by atoms with Gasteiger partial charge in [0.25, 0.3) is 0 Å². The van der Waals surface area contributed by atoms with Crippen LogP contribution in [-0.2, 0) is 9.59 Å². The van der Waals surface area contributed by atoms with E-state index in [0.29, 0.717) is 35.9 Å². The Kier molecular flexibility index (Phi) is 3.83. The summed E-state index contributed by atoms with van der Waals surface area (Å²) < 4.78 is 0. The van der Waals surface area contributed by atoms with Crippen LogP contribution in [-0.4, -0.2) is 22.3 Å². The standard InChI is InChI=1S/C22H34O3/c1-13(23)16-7-8-17-15-6-5-14-12-20(2,25)9-10-21(14,3)18(15)11-19(24)22(16,17)4/h14-18,25H,5-12H2,1-4H3/t14-,15-,16+,17-,18-,20+,21-,22+/m0/s1. The maximum atomic E-state index is 13.3. The van der Waals surface area contributed by atoms with Crippen molar-refractivity contribution in [2.24, 2.45) is 40.4 Å². The highest BCUT2D eigenvalue weighted by molar-refractivity contribution is 5.93. The number of rotatable bonds is 1. The van der Waals surface area contributed by atoms with Crippen molar-refractivity contribution in [1.82, 2.24) is 0 Å². The van der Waals surface area contributed by atoms with E-state index in [1.807, 2.05) is 6.92 Å². The van der Waals surface area contributed by atoms with E-state index in [0.717, 1.165) is 32.1 Å². The first-order valence-corrected chi connectivity index (χ1v) is 10.4. The number of Topliss-reactive ketones (excluding diaryl/α,β-unsaturated/α-hetero) is 2. The molecule has 1 N–H and O–H groups in total. The average Bonchev–Trinajstić information content (AvgIpc) is 2.88. The van der Waals surface area contributed by atoms with Crippen molar-refractivity contribution in [1.29, 1.82) is 0 Å². The third-order valence-electron chi connectivity index (χ3n) is 9.31. The zero-order valence-electron chi connectivity index (χ0n) is 16.3. The van der Waals surface area contributed by atoms with E-state index in [4.69, 9.17) is 0 Å². The Balaban J connectivity index is 1.67. The summed E-state index contributed by atoms with van der Waals surface area (Å²) in [7, 11) is 0. The van der Waals surface area contributed by atoms with Crippen molar-refractivity contribution in [3.8, 4) is 0 Å². The Bertz CT molecular complexity index is 608. The van der Waals surface area contributed by atoms with Gasteiger partial charge in [0.2, 0.25) is 0 Å². The molecule has 0 aromatic heterocycles. The number of aliphatic hydroxyl groups is 1. The lowest BCUT2D eigenvalue weighted by atomic mass is 9.43. The van der Waals surface area contributed by atoms with Gasteiger partial charge < -0.3 is 5.11 Å². The van der Waals surface area contributed by atoms with Crippen LogP contribution in [0.4, 0.5) is 0 Å². The van der Waals surface area contributed by atoms with Gasteiger partial charge in [-0.05, 0) is 87.9 Å². The van der Waals surface area contributed by atoms with Gasteiger partial charge in [0.05, 0.1) is 5.60 Å². The Labute approximate surface area is 151 Å². The van der Waals surface area contributed by atoms with Gasteiger partial charge in [-0.1, -0.05) is 13.8 Å². The zero-order chi connectivity index (χ0) is 18.2. The summed E-state index contributed by atoms with van der Waals surface area (Å²) in [6, 6.07) is 0. The second-order valence-corrected chi connectivity index (χ2v) is 10.5. The highest BCUT2D eigenvalue weighted by Gasteiger charge is 2.64. The van der Waals surface area contributed by atoms with Crippen LogP contribution in [0.5, 0.6) is 0 Å². The monoisotopic (exact) mass is 346 g/mol. The van der Waals surface area contributed by atoms with Crippen LogP contribution >= 0.6 is 0 Å². The van der Waals surface area contributed by atoms with Crippen molar-refractivity contribution >= 4 is 11.6 Å². The highest BCUT2D eigenvalue weighted by Crippen LogP contribution is 2.67. The molecule has 4 saturated carbocycles. The van der Waals surface area contributed by atoms with Crippen LogP contribution in [0.25, 0.3) is 0 Å². The summed E-state index contributed by atoms with van der Waals surface area (Å²) in [6.45, 7) is 8.17. The Morgan fingerprint density at radius 3 is 2.44 bits per heavy atom.